The van der Waals surface area contributed by atoms with Crippen LogP contribution in [0.3, 0.4) is 0 Å². The third-order valence-corrected chi connectivity index (χ3v) is 3.50. The zero-order chi connectivity index (χ0) is 12.7. The van der Waals surface area contributed by atoms with Crippen molar-refractivity contribution in [1.29, 1.82) is 0 Å². The summed E-state index contributed by atoms with van der Waals surface area (Å²) in [5, 5.41) is 0. The van der Waals surface area contributed by atoms with Gasteiger partial charge in [0.2, 0.25) is 0 Å². The van der Waals surface area contributed by atoms with Crippen molar-refractivity contribution in [2.24, 2.45) is 5.73 Å². The monoisotopic (exact) mass is 275 g/mol. The predicted octanol–water partition coefficient (Wildman–Crippen LogP) is 2.95. The Bertz CT molecular complexity index is 349. The van der Waals surface area contributed by atoms with E-state index in [-0.39, 0.29) is 13.2 Å². The van der Waals surface area contributed by atoms with Crippen LogP contribution >= 0.6 is 23.5 Å². The second kappa shape index (κ2) is 7.84. The maximum atomic E-state index is 13.0. The molecule has 0 aromatic heterocycles. The number of alkyl halides is 1. The van der Waals surface area contributed by atoms with Gasteiger partial charge in [0, 0.05) is 17.2 Å². The Labute approximate surface area is 110 Å². The lowest BCUT2D eigenvalue weighted by Crippen LogP contribution is -2.22. The van der Waals surface area contributed by atoms with Gasteiger partial charge in [-0.1, -0.05) is 0 Å². The van der Waals surface area contributed by atoms with Crippen LogP contribution in [0.1, 0.15) is 5.56 Å². The lowest BCUT2D eigenvalue weighted by Gasteiger charge is -2.11. The Morgan fingerprint density at radius 3 is 2.71 bits per heavy atom. The smallest absolute Gasteiger partial charge is 0.146 e. The van der Waals surface area contributed by atoms with Gasteiger partial charge >= 0.3 is 0 Å². The molecule has 0 spiro atoms. The normalized spacial score (nSPS) is 12.5. The fourth-order valence-electron chi connectivity index (χ4n) is 1.34. The topological polar surface area (TPSA) is 35.2 Å². The van der Waals surface area contributed by atoms with Crippen LogP contribution in [-0.4, -0.2) is 31.8 Å². The average Bonchev–Trinajstić information content (AvgIpc) is 2.36. The van der Waals surface area contributed by atoms with Crippen molar-refractivity contribution >= 4 is 23.5 Å². The van der Waals surface area contributed by atoms with Gasteiger partial charge in [-0.2, -0.15) is 11.8 Å². The molecule has 17 heavy (non-hydrogen) atoms. The lowest BCUT2D eigenvalue weighted by atomic mass is 10.2. The molecular weight excluding hydrogens is 257 g/mol. The van der Waals surface area contributed by atoms with E-state index in [0.717, 1.165) is 16.4 Å². The van der Waals surface area contributed by atoms with Crippen molar-refractivity contribution in [3.05, 3.63) is 23.8 Å². The molecular formula is C12H18FNOS2. The van der Waals surface area contributed by atoms with E-state index in [2.05, 4.69) is 12.3 Å². The summed E-state index contributed by atoms with van der Waals surface area (Å²) >= 11 is 3.41. The van der Waals surface area contributed by atoms with Gasteiger partial charge in [0.1, 0.15) is 18.5 Å². The van der Waals surface area contributed by atoms with Crippen molar-refractivity contribution in [3.63, 3.8) is 0 Å². The molecule has 1 aromatic rings. The van der Waals surface area contributed by atoms with Gasteiger partial charge in [0.25, 0.3) is 0 Å². The quantitative estimate of drug-likeness (QED) is 0.776. The first-order valence-electron chi connectivity index (χ1n) is 5.33. The van der Waals surface area contributed by atoms with Crippen molar-refractivity contribution < 1.29 is 9.13 Å². The Morgan fingerprint density at radius 2 is 2.12 bits per heavy atom. The minimum Gasteiger partial charge on any atom is -0.490 e. The molecule has 0 fully saturated rings. The van der Waals surface area contributed by atoms with E-state index in [1.165, 1.54) is 5.56 Å². The van der Waals surface area contributed by atoms with Crippen LogP contribution in [0, 0.1) is 0 Å². The number of halogens is 1. The third kappa shape index (κ3) is 5.19. The Balaban J connectivity index is 2.72. The van der Waals surface area contributed by atoms with Crippen molar-refractivity contribution in [1.82, 2.24) is 0 Å². The molecule has 0 saturated carbocycles. The summed E-state index contributed by atoms with van der Waals surface area (Å²) in [7, 11) is 0. The van der Waals surface area contributed by atoms with Gasteiger partial charge in [0.15, 0.2) is 0 Å². The van der Waals surface area contributed by atoms with Crippen LogP contribution in [0.5, 0.6) is 5.75 Å². The first-order chi connectivity index (χ1) is 8.19. The maximum absolute atomic E-state index is 13.0. The molecule has 1 atom stereocenters. The molecule has 0 heterocycles. The summed E-state index contributed by atoms with van der Waals surface area (Å²) < 4.78 is 18.4. The van der Waals surface area contributed by atoms with Crippen LogP contribution in [0.2, 0.25) is 0 Å². The lowest BCUT2D eigenvalue weighted by molar-refractivity contribution is 0.200. The number of hydrogen-bond donors (Lipinski definition) is 1. The van der Waals surface area contributed by atoms with Crippen LogP contribution in [0.4, 0.5) is 4.39 Å². The van der Waals surface area contributed by atoms with Crippen LogP contribution in [-0.2, 0) is 5.75 Å². The Kier molecular flexibility index (Phi) is 6.77. The van der Waals surface area contributed by atoms with E-state index >= 15 is 0 Å². The highest BCUT2D eigenvalue weighted by Gasteiger charge is 2.06. The first-order valence-corrected chi connectivity index (χ1v) is 7.95. The minimum absolute atomic E-state index is 0.000112. The molecule has 2 nitrogen and oxygen atoms in total. The first kappa shape index (κ1) is 14.7. The number of nitrogens with two attached hydrogens (primary N) is 1. The van der Waals surface area contributed by atoms with E-state index in [0.29, 0.717) is 0 Å². The van der Waals surface area contributed by atoms with Gasteiger partial charge in [-0.05, 0) is 36.3 Å². The molecule has 0 aliphatic carbocycles. The van der Waals surface area contributed by atoms with Crippen molar-refractivity contribution in [2.45, 2.75) is 16.8 Å². The molecule has 1 unspecified atom stereocenters. The van der Waals surface area contributed by atoms with Gasteiger partial charge in [0.05, 0.1) is 0 Å². The summed E-state index contributed by atoms with van der Waals surface area (Å²) in [5.41, 5.74) is 6.40. The van der Waals surface area contributed by atoms with Gasteiger partial charge < -0.3 is 10.5 Å². The van der Waals surface area contributed by atoms with Gasteiger partial charge in [-0.3, -0.25) is 0 Å². The average molecular weight is 275 g/mol. The number of hydrogen-bond acceptors (Lipinski definition) is 4. The summed E-state index contributed by atoms with van der Waals surface area (Å²) in [4.78, 5) is 1.13. The van der Waals surface area contributed by atoms with Crippen molar-refractivity contribution in [2.75, 3.05) is 25.7 Å². The summed E-state index contributed by atoms with van der Waals surface area (Å²) in [5.74, 6) is 1.65. The van der Waals surface area contributed by atoms with Crippen LogP contribution in [0.25, 0.3) is 0 Å². The number of ether oxygens (including phenoxy) is 1. The number of thioether (sulfide) groups is 2. The van der Waals surface area contributed by atoms with E-state index in [1.807, 2.05) is 18.4 Å². The molecule has 0 aliphatic heterocycles. The second-order valence-corrected chi connectivity index (χ2v) is 5.34. The number of benzene rings is 1. The highest BCUT2D eigenvalue weighted by atomic mass is 32.2. The summed E-state index contributed by atoms with van der Waals surface area (Å²) in [6, 6.07) is 6.01. The summed E-state index contributed by atoms with van der Waals surface area (Å²) in [6.07, 6.45) is 2.97. The molecule has 2 N–H and O–H groups in total. The molecule has 5 heteroatoms. The zero-order valence-electron chi connectivity index (χ0n) is 10.1. The predicted molar refractivity (Wildman–Crippen MR) is 74.9 cm³/mol. The molecule has 0 radical (unpaired) electrons. The Hall–Kier alpha value is -0.390. The molecule has 0 amide bonds. The molecule has 1 rings (SSSR count). The highest BCUT2D eigenvalue weighted by Crippen LogP contribution is 2.25. The largest absolute Gasteiger partial charge is 0.490 e. The van der Waals surface area contributed by atoms with Crippen LogP contribution < -0.4 is 10.5 Å². The molecule has 0 aliphatic rings. The molecule has 0 bridgehead atoms. The molecule has 96 valence electrons. The van der Waals surface area contributed by atoms with E-state index in [4.69, 9.17) is 10.5 Å². The van der Waals surface area contributed by atoms with Gasteiger partial charge in [-0.15, -0.1) is 11.8 Å². The minimum atomic E-state index is -1.10. The van der Waals surface area contributed by atoms with Gasteiger partial charge in [-0.25, -0.2) is 4.39 Å². The van der Waals surface area contributed by atoms with Crippen LogP contribution in [0.15, 0.2) is 23.1 Å². The molecule has 1 aromatic carbocycles. The second-order valence-electron chi connectivity index (χ2n) is 3.59. The highest BCUT2D eigenvalue weighted by molar-refractivity contribution is 7.98. The van der Waals surface area contributed by atoms with E-state index < -0.39 is 6.17 Å². The fraction of sp³-hybridized carbons (Fsp3) is 0.500. The third-order valence-electron chi connectivity index (χ3n) is 2.17. The Morgan fingerprint density at radius 1 is 1.35 bits per heavy atom. The number of rotatable bonds is 7. The van der Waals surface area contributed by atoms with E-state index in [1.54, 1.807) is 23.5 Å². The SMILES string of the molecule is CSCc1cc(OCC(F)CN)cc(SC)c1. The van der Waals surface area contributed by atoms with E-state index in [9.17, 15) is 4.39 Å². The maximum Gasteiger partial charge on any atom is 0.146 e. The summed E-state index contributed by atoms with van der Waals surface area (Å²) in [6.45, 7) is 0.0208. The standard InChI is InChI=1S/C12H18FNOS2/c1-16-8-9-3-11(5-12(4-9)17-2)15-7-10(13)6-14/h3-5,10H,6-8,14H2,1-2H3. The molecule has 0 saturated heterocycles. The fourth-order valence-corrected chi connectivity index (χ4v) is 2.34. The zero-order valence-corrected chi connectivity index (χ0v) is 11.7. The van der Waals surface area contributed by atoms with Crippen molar-refractivity contribution in [3.8, 4) is 5.75 Å².